The van der Waals surface area contributed by atoms with Gasteiger partial charge in [0.25, 0.3) is 0 Å². The molecule has 2 aliphatic rings. The number of nitrogens with one attached hydrogen (secondary N) is 1. The molecule has 0 amide bonds. The number of likely N-dealkylation sites (N-methyl/N-ethyl adjacent to an activating group) is 1. The Hall–Kier alpha value is -0.120. The summed E-state index contributed by atoms with van der Waals surface area (Å²) in [5, 5.41) is 3.78. The van der Waals surface area contributed by atoms with Gasteiger partial charge in [0.05, 0.1) is 0 Å². The molecule has 3 heteroatoms. The quantitative estimate of drug-likeness (QED) is 0.779. The molecule has 1 aliphatic heterocycles. The zero-order valence-corrected chi connectivity index (χ0v) is 15.0. The summed E-state index contributed by atoms with van der Waals surface area (Å²) in [5.74, 6) is 0.843. The van der Waals surface area contributed by atoms with E-state index in [1.54, 1.807) is 0 Å². The summed E-state index contributed by atoms with van der Waals surface area (Å²) >= 11 is 0. The lowest BCUT2D eigenvalue weighted by Crippen LogP contribution is -2.46. The molecule has 2 rings (SSSR count). The van der Waals surface area contributed by atoms with Crippen molar-refractivity contribution in [1.29, 1.82) is 0 Å². The van der Waals surface area contributed by atoms with Gasteiger partial charge in [0.2, 0.25) is 0 Å². The van der Waals surface area contributed by atoms with Crippen LogP contribution in [0, 0.1) is 11.3 Å². The average Bonchev–Trinajstić information content (AvgIpc) is 3.00. The van der Waals surface area contributed by atoms with E-state index >= 15 is 0 Å². The highest BCUT2D eigenvalue weighted by Crippen LogP contribution is 2.41. The van der Waals surface area contributed by atoms with Gasteiger partial charge in [-0.2, -0.15) is 0 Å². The third kappa shape index (κ3) is 4.00. The van der Waals surface area contributed by atoms with Gasteiger partial charge in [-0.15, -0.1) is 0 Å². The van der Waals surface area contributed by atoms with Gasteiger partial charge in [0.15, 0.2) is 0 Å². The average molecular weight is 296 g/mol. The molecule has 1 saturated heterocycles. The van der Waals surface area contributed by atoms with Crippen molar-refractivity contribution in [2.75, 3.05) is 39.3 Å². The lowest BCUT2D eigenvalue weighted by molar-refractivity contribution is 0.182. The molecule has 1 saturated carbocycles. The first-order valence-electron chi connectivity index (χ1n) is 9.21. The van der Waals surface area contributed by atoms with Crippen molar-refractivity contribution in [1.82, 2.24) is 15.1 Å². The summed E-state index contributed by atoms with van der Waals surface area (Å²) in [6.07, 6.45) is 4.14. The van der Waals surface area contributed by atoms with Crippen LogP contribution in [0.4, 0.5) is 0 Å². The van der Waals surface area contributed by atoms with Gasteiger partial charge in [-0.1, -0.05) is 34.6 Å². The molecule has 3 unspecified atom stereocenters. The molecule has 2 fully saturated rings. The van der Waals surface area contributed by atoms with E-state index in [2.05, 4.69) is 49.7 Å². The summed E-state index contributed by atoms with van der Waals surface area (Å²) < 4.78 is 0. The first kappa shape index (κ1) is 17.2. The van der Waals surface area contributed by atoms with E-state index in [1.807, 2.05) is 0 Å². The Morgan fingerprint density at radius 3 is 2.48 bits per heavy atom. The van der Waals surface area contributed by atoms with Gasteiger partial charge in [-0.05, 0) is 56.8 Å². The van der Waals surface area contributed by atoms with Crippen molar-refractivity contribution in [3.8, 4) is 0 Å². The molecule has 124 valence electrons. The van der Waals surface area contributed by atoms with Gasteiger partial charge < -0.3 is 10.2 Å². The Bertz CT molecular complexity index is 312. The van der Waals surface area contributed by atoms with E-state index in [9.17, 15) is 0 Å². The molecule has 3 nitrogen and oxygen atoms in total. The fraction of sp³-hybridized carbons (Fsp3) is 1.00. The topological polar surface area (TPSA) is 18.5 Å². The van der Waals surface area contributed by atoms with Crippen LogP contribution in [-0.2, 0) is 0 Å². The Morgan fingerprint density at radius 1 is 1.14 bits per heavy atom. The van der Waals surface area contributed by atoms with Crippen molar-refractivity contribution in [2.45, 2.75) is 66.0 Å². The van der Waals surface area contributed by atoms with Crippen LogP contribution < -0.4 is 5.32 Å². The van der Waals surface area contributed by atoms with Gasteiger partial charge in [0.1, 0.15) is 0 Å². The van der Waals surface area contributed by atoms with Crippen molar-refractivity contribution in [3.63, 3.8) is 0 Å². The standard InChI is InChI=1S/C18H37N3/c1-6-19-17-15(9-11-18(17,4)5)13-20-12-10-16(14-20)21(7-2)8-3/h15-17,19H,6-14H2,1-5H3. The highest BCUT2D eigenvalue weighted by atomic mass is 15.2. The summed E-state index contributed by atoms with van der Waals surface area (Å²) in [7, 11) is 0. The van der Waals surface area contributed by atoms with Crippen molar-refractivity contribution in [2.24, 2.45) is 11.3 Å². The molecule has 1 N–H and O–H groups in total. The Balaban J connectivity index is 1.88. The SMILES string of the molecule is CCNC1C(CN2CCC(N(CC)CC)C2)CCC1(C)C. The molecule has 1 heterocycles. The monoisotopic (exact) mass is 295 g/mol. The minimum absolute atomic E-state index is 0.471. The van der Waals surface area contributed by atoms with Gasteiger partial charge >= 0.3 is 0 Å². The molecule has 0 spiro atoms. The third-order valence-electron chi connectivity index (χ3n) is 5.97. The molecule has 0 aromatic rings. The Morgan fingerprint density at radius 2 is 1.86 bits per heavy atom. The van der Waals surface area contributed by atoms with E-state index < -0.39 is 0 Å². The van der Waals surface area contributed by atoms with E-state index in [1.165, 1.54) is 52.0 Å². The fourth-order valence-electron chi connectivity index (χ4n) is 4.72. The van der Waals surface area contributed by atoms with E-state index in [0.29, 0.717) is 11.5 Å². The van der Waals surface area contributed by atoms with E-state index in [4.69, 9.17) is 0 Å². The predicted octanol–water partition coefficient (Wildman–Crippen LogP) is 2.82. The number of rotatable bonds is 7. The maximum atomic E-state index is 3.78. The summed E-state index contributed by atoms with van der Waals surface area (Å²) in [5.41, 5.74) is 0.471. The van der Waals surface area contributed by atoms with Crippen LogP contribution in [0.25, 0.3) is 0 Å². The lowest BCUT2D eigenvalue weighted by Gasteiger charge is -2.33. The molecular formula is C18H37N3. The smallest absolute Gasteiger partial charge is 0.0235 e. The zero-order chi connectivity index (χ0) is 15.5. The summed E-state index contributed by atoms with van der Waals surface area (Å²) in [6, 6.07) is 1.50. The van der Waals surface area contributed by atoms with Crippen LogP contribution in [0.1, 0.15) is 53.9 Å². The molecule has 3 atom stereocenters. The maximum absolute atomic E-state index is 3.78. The Kier molecular flexibility index (Phi) is 6.10. The molecule has 0 aromatic carbocycles. The van der Waals surface area contributed by atoms with Crippen LogP contribution in [0.15, 0.2) is 0 Å². The first-order valence-corrected chi connectivity index (χ1v) is 9.21. The van der Waals surface area contributed by atoms with Gasteiger partial charge in [0, 0.05) is 25.2 Å². The second kappa shape index (κ2) is 7.43. The van der Waals surface area contributed by atoms with Crippen molar-refractivity contribution < 1.29 is 0 Å². The molecular weight excluding hydrogens is 258 g/mol. The number of nitrogens with zero attached hydrogens (tertiary/aromatic N) is 2. The summed E-state index contributed by atoms with van der Waals surface area (Å²) in [4.78, 5) is 5.37. The number of hydrogen-bond acceptors (Lipinski definition) is 3. The minimum Gasteiger partial charge on any atom is -0.313 e. The van der Waals surface area contributed by atoms with Gasteiger partial charge in [-0.25, -0.2) is 0 Å². The number of hydrogen-bond donors (Lipinski definition) is 1. The van der Waals surface area contributed by atoms with E-state index in [0.717, 1.165) is 18.5 Å². The zero-order valence-electron chi connectivity index (χ0n) is 15.0. The highest BCUT2D eigenvalue weighted by Gasteiger charge is 2.42. The van der Waals surface area contributed by atoms with Crippen LogP contribution in [0.2, 0.25) is 0 Å². The summed E-state index contributed by atoms with van der Waals surface area (Å²) in [6.45, 7) is 19.1. The second-order valence-electron chi connectivity index (χ2n) is 7.75. The predicted molar refractivity (Wildman–Crippen MR) is 91.7 cm³/mol. The molecule has 1 aliphatic carbocycles. The van der Waals surface area contributed by atoms with Gasteiger partial charge in [-0.3, -0.25) is 4.90 Å². The van der Waals surface area contributed by atoms with Crippen molar-refractivity contribution in [3.05, 3.63) is 0 Å². The molecule has 0 radical (unpaired) electrons. The van der Waals surface area contributed by atoms with Crippen LogP contribution >= 0.6 is 0 Å². The minimum atomic E-state index is 0.471. The molecule has 0 bridgehead atoms. The fourth-order valence-corrected chi connectivity index (χ4v) is 4.72. The van der Waals surface area contributed by atoms with Crippen LogP contribution in [0.3, 0.4) is 0 Å². The third-order valence-corrected chi connectivity index (χ3v) is 5.97. The largest absolute Gasteiger partial charge is 0.313 e. The normalized spacial score (nSPS) is 33.1. The second-order valence-corrected chi connectivity index (χ2v) is 7.75. The lowest BCUT2D eigenvalue weighted by atomic mass is 9.84. The molecule has 0 aromatic heterocycles. The van der Waals surface area contributed by atoms with E-state index in [-0.39, 0.29) is 0 Å². The first-order chi connectivity index (χ1) is 10.0. The highest BCUT2D eigenvalue weighted by molar-refractivity contribution is 4.98. The maximum Gasteiger partial charge on any atom is 0.0235 e. The number of likely N-dealkylation sites (tertiary alicyclic amines) is 1. The van der Waals surface area contributed by atoms with Crippen molar-refractivity contribution >= 4 is 0 Å². The molecule has 21 heavy (non-hydrogen) atoms. The van der Waals surface area contributed by atoms with Crippen LogP contribution in [-0.4, -0.2) is 61.2 Å². The van der Waals surface area contributed by atoms with Crippen LogP contribution in [0.5, 0.6) is 0 Å². The Labute approximate surface area is 132 Å².